The molecule has 2 aromatic rings. The first-order valence-electron chi connectivity index (χ1n) is 5.40. The number of aliphatic hydroxyl groups is 1. The van der Waals surface area contributed by atoms with Crippen LogP contribution in [0.4, 0.5) is 5.69 Å². The second-order valence-electron chi connectivity index (χ2n) is 4.02. The van der Waals surface area contributed by atoms with Crippen LogP contribution < -0.4 is 4.90 Å². The fourth-order valence-electron chi connectivity index (χ4n) is 1.58. The maximum absolute atomic E-state index is 10.1. The maximum atomic E-state index is 10.1. The lowest BCUT2D eigenvalue weighted by atomic mass is 10.1. The lowest BCUT2D eigenvalue weighted by Gasteiger charge is -2.14. The Morgan fingerprint density at radius 2 is 1.82 bits per heavy atom. The zero-order valence-corrected chi connectivity index (χ0v) is 9.91. The van der Waals surface area contributed by atoms with Crippen molar-refractivity contribution in [2.24, 2.45) is 0 Å². The van der Waals surface area contributed by atoms with Crippen molar-refractivity contribution < 1.29 is 5.11 Å². The number of aromatic nitrogens is 2. The van der Waals surface area contributed by atoms with E-state index in [1.165, 1.54) is 0 Å². The van der Waals surface area contributed by atoms with E-state index in [0.717, 1.165) is 11.3 Å². The number of rotatable bonds is 3. The van der Waals surface area contributed by atoms with E-state index in [1.54, 1.807) is 18.6 Å². The number of nitrogens with zero attached hydrogens (tertiary/aromatic N) is 3. The highest BCUT2D eigenvalue weighted by molar-refractivity contribution is 5.46. The van der Waals surface area contributed by atoms with Gasteiger partial charge in [-0.1, -0.05) is 12.1 Å². The van der Waals surface area contributed by atoms with Gasteiger partial charge in [-0.05, 0) is 17.7 Å². The van der Waals surface area contributed by atoms with E-state index < -0.39 is 6.10 Å². The van der Waals surface area contributed by atoms with Crippen LogP contribution in [0.25, 0.3) is 0 Å². The summed E-state index contributed by atoms with van der Waals surface area (Å²) < 4.78 is 0. The van der Waals surface area contributed by atoms with Crippen molar-refractivity contribution in [2.75, 3.05) is 19.0 Å². The fraction of sp³-hybridized carbons (Fsp3) is 0.231. The molecule has 0 saturated heterocycles. The molecule has 0 aliphatic heterocycles. The van der Waals surface area contributed by atoms with Crippen LogP contribution in [0.15, 0.2) is 42.9 Å². The van der Waals surface area contributed by atoms with E-state index in [4.69, 9.17) is 0 Å². The summed E-state index contributed by atoms with van der Waals surface area (Å²) in [5.74, 6) is 0. The summed E-state index contributed by atoms with van der Waals surface area (Å²) in [5.41, 5.74) is 2.47. The summed E-state index contributed by atoms with van der Waals surface area (Å²) in [7, 11) is 3.96. The van der Waals surface area contributed by atoms with E-state index in [2.05, 4.69) is 9.97 Å². The summed E-state index contributed by atoms with van der Waals surface area (Å²) >= 11 is 0. The van der Waals surface area contributed by atoms with Gasteiger partial charge in [-0.15, -0.1) is 0 Å². The Balaban J connectivity index is 2.23. The number of benzene rings is 1. The Kier molecular flexibility index (Phi) is 3.35. The molecule has 1 N–H and O–H groups in total. The van der Waals surface area contributed by atoms with Gasteiger partial charge in [0, 0.05) is 32.2 Å². The highest BCUT2D eigenvalue weighted by Gasteiger charge is 2.11. The third-order valence-corrected chi connectivity index (χ3v) is 2.59. The molecular formula is C13H15N3O. The third kappa shape index (κ3) is 2.60. The second kappa shape index (κ2) is 4.93. The summed E-state index contributed by atoms with van der Waals surface area (Å²) in [6, 6.07) is 7.73. The summed E-state index contributed by atoms with van der Waals surface area (Å²) in [6.07, 6.45) is 4.02. The van der Waals surface area contributed by atoms with Crippen molar-refractivity contribution in [2.45, 2.75) is 6.10 Å². The van der Waals surface area contributed by atoms with Crippen LogP contribution in [-0.4, -0.2) is 29.2 Å². The van der Waals surface area contributed by atoms with E-state index in [9.17, 15) is 5.11 Å². The number of anilines is 1. The molecule has 0 radical (unpaired) electrons. The smallest absolute Gasteiger partial charge is 0.123 e. The lowest BCUT2D eigenvalue weighted by molar-refractivity contribution is 0.215. The van der Waals surface area contributed by atoms with Crippen molar-refractivity contribution in [1.29, 1.82) is 0 Å². The molecule has 1 heterocycles. The van der Waals surface area contributed by atoms with Crippen LogP contribution in [0, 0.1) is 0 Å². The predicted octanol–water partition coefficient (Wildman–Crippen LogP) is 1.62. The van der Waals surface area contributed by atoms with Crippen molar-refractivity contribution >= 4 is 5.69 Å². The van der Waals surface area contributed by atoms with Gasteiger partial charge in [0.25, 0.3) is 0 Å². The summed E-state index contributed by atoms with van der Waals surface area (Å²) in [4.78, 5) is 10.0. The molecule has 0 spiro atoms. The van der Waals surface area contributed by atoms with Crippen molar-refractivity contribution in [3.05, 3.63) is 54.1 Å². The van der Waals surface area contributed by atoms with Crippen LogP contribution >= 0.6 is 0 Å². The molecule has 0 aliphatic rings. The topological polar surface area (TPSA) is 49.2 Å². The average molecular weight is 229 g/mol. The molecule has 1 aromatic carbocycles. The van der Waals surface area contributed by atoms with Crippen LogP contribution in [0.5, 0.6) is 0 Å². The molecule has 1 aromatic heterocycles. The quantitative estimate of drug-likeness (QED) is 0.869. The first-order valence-corrected chi connectivity index (χ1v) is 5.40. The van der Waals surface area contributed by atoms with E-state index in [1.807, 2.05) is 43.3 Å². The van der Waals surface area contributed by atoms with Gasteiger partial charge in [0.05, 0.1) is 11.9 Å². The molecule has 0 fully saturated rings. The van der Waals surface area contributed by atoms with Gasteiger partial charge in [-0.2, -0.15) is 0 Å². The van der Waals surface area contributed by atoms with Crippen molar-refractivity contribution in [1.82, 2.24) is 9.97 Å². The number of aliphatic hydroxyl groups excluding tert-OH is 1. The van der Waals surface area contributed by atoms with Crippen LogP contribution in [0.3, 0.4) is 0 Å². The van der Waals surface area contributed by atoms with Gasteiger partial charge in [-0.3, -0.25) is 9.97 Å². The Morgan fingerprint density at radius 1 is 1.12 bits per heavy atom. The monoisotopic (exact) mass is 229 g/mol. The van der Waals surface area contributed by atoms with Gasteiger partial charge >= 0.3 is 0 Å². The minimum atomic E-state index is -0.722. The highest BCUT2D eigenvalue weighted by atomic mass is 16.3. The molecule has 88 valence electrons. The van der Waals surface area contributed by atoms with Gasteiger partial charge in [0.15, 0.2) is 0 Å². The maximum Gasteiger partial charge on any atom is 0.123 e. The average Bonchev–Trinajstić information content (AvgIpc) is 2.39. The Morgan fingerprint density at radius 3 is 2.35 bits per heavy atom. The molecule has 1 atom stereocenters. The Hall–Kier alpha value is -1.94. The Bertz CT molecular complexity index is 468. The van der Waals surface area contributed by atoms with Crippen LogP contribution in [0.1, 0.15) is 17.4 Å². The normalized spacial score (nSPS) is 12.2. The zero-order chi connectivity index (χ0) is 12.3. The molecule has 0 bridgehead atoms. The fourth-order valence-corrected chi connectivity index (χ4v) is 1.58. The molecule has 17 heavy (non-hydrogen) atoms. The van der Waals surface area contributed by atoms with E-state index >= 15 is 0 Å². The molecule has 4 nitrogen and oxygen atoms in total. The van der Waals surface area contributed by atoms with Crippen molar-refractivity contribution in [3.63, 3.8) is 0 Å². The van der Waals surface area contributed by atoms with E-state index in [0.29, 0.717) is 5.69 Å². The highest BCUT2D eigenvalue weighted by Crippen LogP contribution is 2.21. The zero-order valence-electron chi connectivity index (χ0n) is 9.91. The molecule has 0 amide bonds. The van der Waals surface area contributed by atoms with Crippen LogP contribution in [0.2, 0.25) is 0 Å². The third-order valence-electron chi connectivity index (χ3n) is 2.59. The minimum Gasteiger partial charge on any atom is -0.382 e. The van der Waals surface area contributed by atoms with Gasteiger partial charge < -0.3 is 10.0 Å². The summed E-state index contributed by atoms with van der Waals surface area (Å²) in [5, 5.41) is 10.1. The summed E-state index contributed by atoms with van der Waals surface area (Å²) in [6.45, 7) is 0. The molecular weight excluding hydrogens is 214 g/mol. The second-order valence-corrected chi connectivity index (χ2v) is 4.02. The van der Waals surface area contributed by atoms with Gasteiger partial charge in [-0.25, -0.2) is 0 Å². The SMILES string of the molecule is CN(C)c1ccc(C(O)c2cnccn2)cc1. The molecule has 1 unspecified atom stereocenters. The van der Waals surface area contributed by atoms with Gasteiger partial charge in [0.2, 0.25) is 0 Å². The number of hydrogen-bond donors (Lipinski definition) is 1. The first-order chi connectivity index (χ1) is 8.18. The molecule has 4 heteroatoms. The van der Waals surface area contributed by atoms with E-state index in [-0.39, 0.29) is 0 Å². The minimum absolute atomic E-state index is 0.560. The first kappa shape index (κ1) is 11.5. The standard InChI is InChI=1S/C13H15N3O/c1-16(2)11-5-3-10(4-6-11)13(17)12-9-14-7-8-15-12/h3-9,13,17H,1-2H3. The predicted molar refractivity (Wildman–Crippen MR) is 66.9 cm³/mol. The molecule has 2 rings (SSSR count). The van der Waals surface area contributed by atoms with Gasteiger partial charge in [0.1, 0.15) is 6.10 Å². The molecule has 0 aliphatic carbocycles. The largest absolute Gasteiger partial charge is 0.382 e. The van der Waals surface area contributed by atoms with Crippen LogP contribution in [-0.2, 0) is 0 Å². The number of hydrogen-bond acceptors (Lipinski definition) is 4. The van der Waals surface area contributed by atoms with Crippen molar-refractivity contribution in [3.8, 4) is 0 Å². The molecule has 0 saturated carbocycles. The lowest BCUT2D eigenvalue weighted by Crippen LogP contribution is -2.09. The Labute approximate surface area is 101 Å².